The third-order valence-corrected chi connectivity index (χ3v) is 3.31. The number of rotatable bonds is 8. The Bertz CT molecular complexity index is 421. The molecular weight excluding hydrogens is 242 g/mol. The Morgan fingerprint density at radius 3 is 2.74 bits per heavy atom. The Morgan fingerprint density at radius 2 is 2.16 bits per heavy atom. The molecule has 106 valence electrons. The number of hydrogen-bond donors (Lipinski definition) is 1. The molecule has 1 unspecified atom stereocenters. The van der Waals surface area contributed by atoms with E-state index in [-0.39, 0.29) is 10.6 Å². The second-order valence-electron chi connectivity index (χ2n) is 4.87. The van der Waals surface area contributed by atoms with E-state index < -0.39 is 0 Å². The highest BCUT2D eigenvalue weighted by atomic mass is 16.6. The molecule has 1 heterocycles. The normalized spacial score (nSPS) is 12.2. The topological polar surface area (TPSA) is 68.1 Å². The maximum atomic E-state index is 10.9. The molecule has 5 nitrogen and oxygen atoms in total. The highest BCUT2D eigenvalue weighted by Crippen LogP contribution is 2.23. The van der Waals surface area contributed by atoms with Crippen LogP contribution in [0.15, 0.2) is 12.1 Å². The lowest BCUT2D eigenvalue weighted by Crippen LogP contribution is -2.15. The summed E-state index contributed by atoms with van der Waals surface area (Å²) in [6.07, 6.45) is 4.61. The van der Waals surface area contributed by atoms with Crippen LogP contribution >= 0.6 is 0 Å². The van der Waals surface area contributed by atoms with Crippen LogP contribution < -0.4 is 5.32 Å². The van der Waals surface area contributed by atoms with Crippen LogP contribution in [0.5, 0.6) is 0 Å². The van der Waals surface area contributed by atoms with E-state index in [9.17, 15) is 10.1 Å². The molecule has 1 atom stereocenters. The van der Waals surface area contributed by atoms with Gasteiger partial charge in [0.1, 0.15) is 0 Å². The van der Waals surface area contributed by atoms with Crippen molar-refractivity contribution in [3.05, 3.63) is 27.9 Å². The highest BCUT2D eigenvalue weighted by Gasteiger charge is 2.16. The van der Waals surface area contributed by atoms with Crippen molar-refractivity contribution in [2.24, 2.45) is 5.92 Å². The van der Waals surface area contributed by atoms with Crippen molar-refractivity contribution in [3.63, 3.8) is 0 Å². The first kappa shape index (κ1) is 15.4. The summed E-state index contributed by atoms with van der Waals surface area (Å²) < 4.78 is 0. The molecule has 1 N–H and O–H groups in total. The van der Waals surface area contributed by atoms with Crippen molar-refractivity contribution in [3.8, 4) is 0 Å². The van der Waals surface area contributed by atoms with Gasteiger partial charge >= 0.3 is 5.69 Å². The third-order valence-electron chi connectivity index (χ3n) is 3.31. The van der Waals surface area contributed by atoms with Gasteiger partial charge in [0, 0.05) is 18.3 Å². The molecule has 0 bridgehead atoms. The average molecular weight is 265 g/mol. The first-order valence-corrected chi connectivity index (χ1v) is 6.94. The van der Waals surface area contributed by atoms with Gasteiger partial charge in [-0.05, 0) is 25.3 Å². The lowest BCUT2D eigenvalue weighted by atomic mass is 9.99. The van der Waals surface area contributed by atoms with Crippen molar-refractivity contribution in [2.45, 2.75) is 46.5 Å². The number of hydrogen-bond acceptors (Lipinski definition) is 4. The summed E-state index contributed by atoms with van der Waals surface area (Å²) in [5.41, 5.74) is 0.839. The Balaban J connectivity index is 2.70. The van der Waals surface area contributed by atoms with Gasteiger partial charge in [0.15, 0.2) is 0 Å². The number of anilines is 1. The minimum Gasteiger partial charge on any atom is -0.364 e. The summed E-state index contributed by atoms with van der Waals surface area (Å²) in [4.78, 5) is 14.8. The highest BCUT2D eigenvalue weighted by molar-refractivity contribution is 5.56. The summed E-state index contributed by atoms with van der Waals surface area (Å²) in [5.74, 6) is 0.932. The molecule has 0 fully saturated rings. The van der Waals surface area contributed by atoms with E-state index in [1.54, 1.807) is 6.07 Å². The van der Waals surface area contributed by atoms with E-state index in [2.05, 4.69) is 24.1 Å². The second-order valence-corrected chi connectivity index (χ2v) is 4.87. The zero-order chi connectivity index (χ0) is 14.3. The molecule has 1 rings (SSSR count). The van der Waals surface area contributed by atoms with Crippen molar-refractivity contribution in [1.82, 2.24) is 4.98 Å². The molecule has 0 saturated heterocycles. The van der Waals surface area contributed by atoms with Crippen LogP contribution in [0.3, 0.4) is 0 Å². The molecule has 5 heteroatoms. The number of pyridine rings is 1. The zero-order valence-electron chi connectivity index (χ0n) is 12.0. The molecule has 0 spiro atoms. The van der Waals surface area contributed by atoms with Crippen LogP contribution in [0.4, 0.5) is 11.5 Å². The second kappa shape index (κ2) is 7.71. The number of nitrogens with zero attached hydrogens (tertiary/aromatic N) is 2. The molecular formula is C14H23N3O2. The minimum atomic E-state index is -0.387. The predicted molar refractivity (Wildman–Crippen MR) is 77.4 cm³/mol. The Hall–Kier alpha value is -1.65. The fraction of sp³-hybridized carbons (Fsp3) is 0.643. The van der Waals surface area contributed by atoms with Gasteiger partial charge in [-0.3, -0.25) is 10.1 Å². The van der Waals surface area contributed by atoms with E-state index >= 15 is 0 Å². The zero-order valence-corrected chi connectivity index (χ0v) is 12.0. The summed E-state index contributed by atoms with van der Waals surface area (Å²) in [5, 5.41) is 14.1. The van der Waals surface area contributed by atoms with E-state index in [4.69, 9.17) is 0 Å². The smallest absolute Gasteiger partial charge is 0.311 e. The van der Waals surface area contributed by atoms with E-state index in [1.807, 2.05) is 6.92 Å². The fourth-order valence-electron chi connectivity index (χ4n) is 2.01. The molecule has 0 radical (unpaired) electrons. The van der Waals surface area contributed by atoms with Crippen molar-refractivity contribution in [2.75, 3.05) is 11.9 Å². The Morgan fingerprint density at radius 1 is 1.42 bits per heavy atom. The van der Waals surface area contributed by atoms with Gasteiger partial charge < -0.3 is 5.32 Å². The molecule has 0 aliphatic carbocycles. The third kappa shape index (κ3) is 4.85. The first-order valence-electron chi connectivity index (χ1n) is 6.94. The number of nitro groups is 1. The van der Waals surface area contributed by atoms with Gasteiger partial charge in [0.05, 0.1) is 4.92 Å². The quantitative estimate of drug-likeness (QED) is 0.571. The molecule has 0 aliphatic heterocycles. The SMILES string of the molecule is CCCCC(CC)CNc1nc(C)ccc1[N+](=O)[O-]. The van der Waals surface area contributed by atoms with Crippen LogP contribution in [0.2, 0.25) is 0 Å². The lowest BCUT2D eigenvalue weighted by Gasteiger charge is -2.15. The van der Waals surface area contributed by atoms with Gasteiger partial charge in [-0.15, -0.1) is 0 Å². The van der Waals surface area contributed by atoms with E-state index in [0.717, 1.165) is 25.1 Å². The van der Waals surface area contributed by atoms with Crippen molar-refractivity contribution >= 4 is 11.5 Å². The molecule has 19 heavy (non-hydrogen) atoms. The van der Waals surface area contributed by atoms with Gasteiger partial charge in [0.2, 0.25) is 5.82 Å². The lowest BCUT2D eigenvalue weighted by molar-refractivity contribution is -0.384. The van der Waals surface area contributed by atoms with Crippen LogP contribution in [-0.2, 0) is 0 Å². The van der Waals surface area contributed by atoms with Gasteiger partial charge in [-0.2, -0.15) is 0 Å². The number of unbranched alkanes of at least 4 members (excludes halogenated alkanes) is 1. The number of nitrogens with one attached hydrogen (secondary N) is 1. The van der Waals surface area contributed by atoms with Gasteiger partial charge in [-0.25, -0.2) is 4.98 Å². The maximum absolute atomic E-state index is 10.9. The minimum absolute atomic E-state index is 0.0518. The van der Waals surface area contributed by atoms with Crippen LogP contribution in [0, 0.1) is 23.0 Å². The number of aromatic nitrogens is 1. The Kier molecular flexibility index (Phi) is 6.25. The molecule has 0 aliphatic rings. The van der Waals surface area contributed by atoms with Crippen molar-refractivity contribution in [1.29, 1.82) is 0 Å². The largest absolute Gasteiger partial charge is 0.364 e. The van der Waals surface area contributed by atoms with Crippen LogP contribution in [-0.4, -0.2) is 16.5 Å². The standard InChI is InChI=1S/C14H23N3O2/c1-4-6-7-12(5-2)10-15-14-13(17(18)19)9-8-11(3)16-14/h8-9,12H,4-7,10H2,1-3H3,(H,15,16). The predicted octanol–water partition coefficient (Wildman–Crippen LogP) is 3.93. The van der Waals surface area contributed by atoms with E-state index in [1.165, 1.54) is 18.9 Å². The summed E-state index contributed by atoms with van der Waals surface area (Å²) in [6, 6.07) is 3.18. The summed E-state index contributed by atoms with van der Waals surface area (Å²) in [6.45, 7) is 6.91. The summed E-state index contributed by atoms with van der Waals surface area (Å²) in [7, 11) is 0. The van der Waals surface area contributed by atoms with Crippen molar-refractivity contribution < 1.29 is 4.92 Å². The van der Waals surface area contributed by atoms with E-state index in [0.29, 0.717) is 11.7 Å². The average Bonchev–Trinajstić information content (AvgIpc) is 2.38. The van der Waals surface area contributed by atoms with Crippen LogP contribution in [0.1, 0.15) is 45.2 Å². The maximum Gasteiger partial charge on any atom is 0.311 e. The monoisotopic (exact) mass is 265 g/mol. The number of aryl methyl sites for hydroxylation is 1. The Labute approximate surface area is 114 Å². The molecule has 0 amide bonds. The molecule has 0 aromatic carbocycles. The first-order chi connectivity index (χ1) is 9.08. The fourth-order valence-corrected chi connectivity index (χ4v) is 2.01. The van der Waals surface area contributed by atoms with Gasteiger partial charge in [0.25, 0.3) is 0 Å². The summed E-state index contributed by atoms with van der Waals surface area (Å²) >= 11 is 0. The van der Waals surface area contributed by atoms with Crippen LogP contribution in [0.25, 0.3) is 0 Å². The molecule has 0 saturated carbocycles. The molecule has 1 aromatic heterocycles. The van der Waals surface area contributed by atoms with Gasteiger partial charge in [-0.1, -0.05) is 33.1 Å². The molecule has 1 aromatic rings.